The van der Waals surface area contributed by atoms with Gasteiger partial charge >= 0.3 is 11.9 Å². The van der Waals surface area contributed by atoms with Crippen LogP contribution < -0.4 is 5.32 Å². The number of ether oxygens (including phenoxy) is 4. The highest BCUT2D eigenvalue weighted by Crippen LogP contribution is 2.29. The number of methoxy groups -OCH3 is 1. The average Bonchev–Trinajstić information content (AvgIpc) is 2.63. The Kier molecular flexibility index (Phi) is 7.47. The summed E-state index contributed by atoms with van der Waals surface area (Å²) in [7, 11) is 1.09. The van der Waals surface area contributed by atoms with E-state index in [9.17, 15) is 39.9 Å². The molecular formula is C15H23NO13. The summed E-state index contributed by atoms with van der Waals surface area (Å²) in [5.74, 6) is -3.90. The molecule has 0 saturated carbocycles. The van der Waals surface area contributed by atoms with Gasteiger partial charge in [-0.15, -0.1) is 0 Å². The average molecular weight is 425 g/mol. The summed E-state index contributed by atoms with van der Waals surface area (Å²) in [6, 6.07) is -1.51. The Balaban J connectivity index is 2.31. The fourth-order valence-electron chi connectivity index (χ4n) is 3.19. The van der Waals surface area contributed by atoms with Crippen LogP contribution >= 0.6 is 0 Å². The molecule has 0 spiro atoms. The number of carboxylic acid groups (broad SMARTS) is 2. The van der Waals surface area contributed by atoms with Gasteiger partial charge in [0.25, 0.3) is 0 Å². The third-order valence-corrected chi connectivity index (χ3v) is 4.56. The molecule has 0 bridgehead atoms. The lowest BCUT2D eigenvalue weighted by Crippen LogP contribution is -2.68. The summed E-state index contributed by atoms with van der Waals surface area (Å²) in [5.41, 5.74) is 0. The Labute approximate surface area is 163 Å². The smallest absolute Gasteiger partial charge is 0.335 e. The minimum atomic E-state index is -1.97. The minimum Gasteiger partial charge on any atom is -0.479 e. The first-order valence-electron chi connectivity index (χ1n) is 8.43. The third kappa shape index (κ3) is 4.81. The van der Waals surface area contributed by atoms with E-state index in [0.29, 0.717) is 0 Å². The van der Waals surface area contributed by atoms with Gasteiger partial charge in [0, 0.05) is 14.0 Å². The highest BCUT2D eigenvalue weighted by atomic mass is 16.7. The molecule has 2 saturated heterocycles. The summed E-state index contributed by atoms with van der Waals surface area (Å²) in [5, 5.41) is 61.3. The molecule has 0 aliphatic carbocycles. The molecule has 14 nitrogen and oxygen atoms in total. The van der Waals surface area contributed by atoms with Gasteiger partial charge in [0.05, 0.1) is 0 Å². The number of aliphatic carboxylic acids is 2. The van der Waals surface area contributed by atoms with Crippen molar-refractivity contribution in [1.82, 2.24) is 5.32 Å². The zero-order chi connectivity index (χ0) is 22.0. The number of amides is 1. The Morgan fingerprint density at radius 1 is 0.862 bits per heavy atom. The van der Waals surface area contributed by atoms with Crippen molar-refractivity contribution in [3.63, 3.8) is 0 Å². The fourth-order valence-corrected chi connectivity index (χ4v) is 3.19. The molecular weight excluding hydrogens is 402 g/mol. The van der Waals surface area contributed by atoms with Crippen LogP contribution in [0.15, 0.2) is 0 Å². The lowest BCUT2D eigenvalue weighted by Gasteiger charge is -2.46. The van der Waals surface area contributed by atoms with Crippen LogP contribution in [0.4, 0.5) is 0 Å². The number of carbonyl (C=O) groups excluding carboxylic acids is 1. The monoisotopic (exact) mass is 425 g/mol. The second kappa shape index (κ2) is 9.27. The predicted octanol–water partition coefficient (Wildman–Crippen LogP) is -4.41. The van der Waals surface area contributed by atoms with E-state index >= 15 is 0 Å². The van der Waals surface area contributed by atoms with Crippen LogP contribution in [0.25, 0.3) is 0 Å². The van der Waals surface area contributed by atoms with Gasteiger partial charge in [0.2, 0.25) is 5.91 Å². The number of rotatable bonds is 6. The number of hydrogen-bond donors (Lipinski definition) is 7. The number of hydrogen-bond acceptors (Lipinski definition) is 11. The van der Waals surface area contributed by atoms with Crippen molar-refractivity contribution in [3.05, 3.63) is 0 Å². The van der Waals surface area contributed by atoms with E-state index in [2.05, 4.69) is 5.32 Å². The van der Waals surface area contributed by atoms with Gasteiger partial charge in [-0.3, -0.25) is 4.79 Å². The van der Waals surface area contributed by atoms with E-state index in [0.717, 1.165) is 14.0 Å². The highest BCUT2D eigenvalue weighted by molar-refractivity contribution is 5.75. The third-order valence-electron chi connectivity index (χ3n) is 4.56. The Morgan fingerprint density at radius 2 is 1.45 bits per heavy atom. The Morgan fingerprint density at radius 3 is 1.93 bits per heavy atom. The minimum absolute atomic E-state index is 0.694. The van der Waals surface area contributed by atoms with Crippen LogP contribution in [0, 0.1) is 0 Å². The molecule has 166 valence electrons. The van der Waals surface area contributed by atoms with Crippen LogP contribution in [0.5, 0.6) is 0 Å². The topological polar surface area (TPSA) is 222 Å². The molecule has 0 aromatic carbocycles. The Bertz CT molecular complexity index is 629. The van der Waals surface area contributed by atoms with Gasteiger partial charge < -0.3 is 54.9 Å². The van der Waals surface area contributed by atoms with Crippen molar-refractivity contribution >= 4 is 17.8 Å². The number of aliphatic hydroxyl groups is 4. The van der Waals surface area contributed by atoms with E-state index in [1.54, 1.807) is 0 Å². The molecule has 29 heavy (non-hydrogen) atoms. The second-order valence-corrected chi connectivity index (χ2v) is 6.55. The van der Waals surface area contributed by atoms with E-state index in [-0.39, 0.29) is 0 Å². The van der Waals surface area contributed by atoms with E-state index in [1.165, 1.54) is 0 Å². The predicted molar refractivity (Wildman–Crippen MR) is 86.1 cm³/mol. The second-order valence-electron chi connectivity index (χ2n) is 6.55. The molecule has 14 heteroatoms. The largest absolute Gasteiger partial charge is 0.479 e. The van der Waals surface area contributed by atoms with Crippen LogP contribution in [-0.2, 0) is 33.3 Å². The lowest BCUT2D eigenvalue weighted by molar-refractivity contribution is -0.335. The zero-order valence-electron chi connectivity index (χ0n) is 15.3. The zero-order valence-corrected chi connectivity index (χ0v) is 15.3. The SMILES string of the molecule is CO[C@@H]1C(C(=O)O)O[C@@H](O[C@@H]2C(NC(C)=O)[C@H](O)OC(C(=O)O)[C@H]2O)C(O)[C@H]1O. The highest BCUT2D eigenvalue weighted by Gasteiger charge is 2.54. The van der Waals surface area contributed by atoms with Gasteiger partial charge in [-0.2, -0.15) is 0 Å². The molecule has 0 aromatic heterocycles. The normalized spacial score (nSPS) is 42.8. The lowest BCUT2D eigenvalue weighted by atomic mass is 9.95. The van der Waals surface area contributed by atoms with Crippen molar-refractivity contribution in [2.45, 2.75) is 68.3 Å². The van der Waals surface area contributed by atoms with Crippen LogP contribution in [-0.4, -0.2) is 117 Å². The molecule has 2 aliphatic rings. The molecule has 0 radical (unpaired) electrons. The van der Waals surface area contributed by atoms with Gasteiger partial charge in [-0.1, -0.05) is 0 Å². The summed E-state index contributed by atoms with van der Waals surface area (Å²) >= 11 is 0. The van der Waals surface area contributed by atoms with E-state index < -0.39 is 79.2 Å². The number of aliphatic hydroxyl groups excluding tert-OH is 4. The number of nitrogens with one attached hydrogen (secondary N) is 1. The van der Waals surface area contributed by atoms with Crippen molar-refractivity contribution < 1.29 is 64.0 Å². The van der Waals surface area contributed by atoms with E-state index in [1.807, 2.05) is 0 Å². The Hall–Kier alpha value is -1.91. The molecule has 2 rings (SSSR count). The fraction of sp³-hybridized carbons (Fsp3) is 0.800. The number of carboxylic acids is 2. The molecule has 0 aromatic rings. The van der Waals surface area contributed by atoms with Crippen molar-refractivity contribution in [3.8, 4) is 0 Å². The van der Waals surface area contributed by atoms with Crippen LogP contribution in [0.2, 0.25) is 0 Å². The maximum absolute atomic E-state index is 11.4. The molecule has 2 fully saturated rings. The van der Waals surface area contributed by atoms with Crippen molar-refractivity contribution in [2.75, 3.05) is 7.11 Å². The summed E-state index contributed by atoms with van der Waals surface area (Å²) < 4.78 is 20.1. The van der Waals surface area contributed by atoms with Gasteiger partial charge in [-0.05, 0) is 0 Å². The molecule has 10 atom stereocenters. The number of carbonyl (C=O) groups is 3. The standard InChI is InChI=1S/C15H23NO13/c1-3(17)16-4-8(7(20)10(12(21)22)27-14(4)25)28-15-6(19)5(18)9(26-2)11(29-15)13(23)24/h4-11,14-15,18-20,25H,1-2H3,(H,16,17)(H,21,22)(H,23,24)/t4?,5-,6?,7+,8-,9+,10?,11?,14-,15-/m1/s1. The van der Waals surface area contributed by atoms with Crippen molar-refractivity contribution in [2.24, 2.45) is 0 Å². The van der Waals surface area contributed by atoms with Crippen LogP contribution in [0.1, 0.15) is 6.92 Å². The maximum atomic E-state index is 11.4. The van der Waals surface area contributed by atoms with Crippen LogP contribution in [0.3, 0.4) is 0 Å². The van der Waals surface area contributed by atoms with Gasteiger partial charge in [-0.25, -0.2) is 9.59 Å². The summed E-state index contributed by atoms with van der Waals surface area (Å²) in [4.78, 5) is 34.1. The van der Waals surface area contributed by atoms with E-state index in [4.69, 9.17) is 24.1 Å². The first-order chi connectivity index (χ1) is 13.5. The molecule has 4 unspecified atom stereocenters. The first kappa shape index (κ1) is 23.4. The molecule has 2 heterocycles. The first-order valence-corrected chi connectivity index (χ1v) is 8.43. The molecule has 7 N–H and O–H groups in total. The maximum Gasteiger partial charge on any atom is 0.335 e. The van der Waals surface area contributed by atoms with Gasteiger partial charge in [0.1, 0.15) is 36.6 Å². The summed E-state index contributed by atoms with van der Waals surface area (Å²) in [6.07, 6.45) is -16.3. The quantitative estimate of drug-likeness (QED) is 0.214. The van der Waals surface area contributed by atoms with Gasteiger partial charge in [0.15, 0.2) is 24.8 Å². The summed E-state index contributed by atoms with van der Waals surface area (Å²) in [6.45, 7) is 1.07. The molecule has 2 aliphatic heterocycles. The molecule has 1 amide bonds. The van der Waals surface area contributed by atoms with Crippen molar-refractivity contribution in [1.29, 1.82) is 0 Å².